The number of para-hydroxylation sites is 1. The lowest BCUT2D eigenvalue weighted by Gasteiger charge is -2.42. The molecule has 0 saturated carbocycles. The molecule has 7 nitrogen and oxygen atoms in total. The molecule has 35 heavy (non-hydrogen) atoms. The van der Waals surface area contributed by atoms with Gasteiger partial charge in [-0.25, -0.2) is 0 Å². The number of likely N-dealkylation sites (N-methyl/N-ethyl adjacent to an activating group) is 1. The van der Waals surface area contributed by atoms with Gasteiger partial charge in [-0.15, -0.1) is 0 Å². The molecule has 0 unspecified atom stereocenters. The second kappa shape index (κ2) is 8.60. The van der Waals surface area contributed by atoms with Crippen LogP contribution in [0, 0.1) is 0 Å². The Morgan fingerprint density at radius 1 is 1.17 bits per heavy atom. The SMILES string of the molecule is CN1C(=O)COc2c(NC(=O)/C=C3\CC4(CCOCC4)Oc4cc(C(F)(F)F)ccc43)cccc21. The van der Waals surface area contributed by atoms with Crippen LogP contribution in [0.1, 0.15) is 30.4 Å². The molecule has 10 heteroatoms. The van der Waals surface area contributed by atoms with Crippen LogP contribution in [-0.2, 0) is 20.5 Å². The molecule has 0 bridgehead atoms. The largest absolute Gasteiger partial charge is 0.486 e. The van der Waals surface area contributed by atoms with Crippen LogP contribution in [0.25, 0.3) is 5.57 Å². The normalized spacial score (nSPS) is 20.1. The fraction of sp³-hybridized carbons (Fsp3) is 0.360. The lowest BCUT2D eigenvalue weighted by Crippen LogP contribution is -2.44. The zero-order valence-electron chi connectivity index (χ0n) is 18.9. The van der Waals surface area contributed by atoms with Gasteiger partial charge in [0.1, 0.15) is 11.4 Å². The van der Waals surface area contributed by atoms with Crippen molar-refractivity contribution in [3.8, 4) is 11.5 Å². The van der Waals surface area contributed by atoms with E-state index in [9.17, 15) is 22.8 Å². The van der Waals surface area contributed by atoms with Crippen LogP contribution in [0.15, 0.2) is 42.5 Å². The van der Waals surface area contributed by atoms with E-state index in [0.29, 0.717) is 60.7 Å². The number of hydrogen-bond acceptors (Lipinski definition) is 5. The van der Waals surface area contributed by atoms with Gasteiger partial charge in [-0.1, -0.05) is 12.1 Å². The Bertz CT molecular complexity index is 1220. The fourth-order valence-corrected chi connectivity index (χ4v) is 4.64. The topological polar surface area (TPSA) is 77.1 Å². The van der Waals surface area contributed by atoms with Crippen molar-refractivity contribution >= 4 is 28.8 Å². The molecule has 184 valence electrons. The number of carbonyl (C=O) groups excluding carboxylic acids is 2. The molecule has 1 fully saturated rings. The lowest BCUT2D eigenvalue weighted by molar-refractivity contribution is -0.138. The van der Waals surface area contributed by atoms with E-state index in [4.69, 9.17) is 14.2 Å². The quantitative estimate of drug-likeness (QED) is 0.634. The van der Waals surface area contributed by atoms with E-state index < -0.39 is 23.2 Å². The number of nitrogens with zero attached hydrogens (tertiary/aromatic N) is 1. The molecule has 1 saturated heterocycles. The summed E-state index contributed by atoms with van der Waals surface area (Å²) in [6.07, 6.45) is -1.75. The third-order valence-corrected chi connectivity index (χ3v) is 6.53. The summed E-state index contributed by atoms with van der Waals surface area (Å²) in [6, 6.07) is 8.39. The predicted molar refractivity (Wildman–Crippen MR) is 121 cm³/mol. The van der Waals surface area contributed by atoms with Gasteiger partial charge in [0.25, 0.3) is 5.91 Å². The number of anilines is 2. The maximum atomic E-state index is 13.3. The summed E-state index contributed by atoms with van der Waals surface area (Å²) < 4.78 is 57.1. The number of amides is 2. The van der Waals surface area contributed by atoms with E-state index >= 15 is 0 Å². The highest BCUT2D eigenvalue weighted by Crippen LogP contribution is 2.46. The highest BCUT2D eigenvalue weighted by Gasteiger charge is 2.41. The average molecular weight is 488 g/mol. The predicted octanol–water partition coefficient (Wildman–Crippen LogP) is 4.41. The maximum Gasteiger partial charge on any atom is 0.416 e. The van der Waals surface area contributed by atoms with Crippen molar-refractivity contribution in [3.05, 3.63) is 53.6 Å². The van der Waals surface area contributed by atoms with Gasteiger partial charge < -0.3 is 24.4 Å². The van der Waals surface area contributed by atoms with Crippen LogP contribution in [0.2, 0.25) is 0 Å². The van der Waals surface area contributed by atoms with Gasteiger partial charge in [0, 0.05) is 37.9 Å². The summed E-state index contributed by atoms with van der Waals surface area (Å²) in [5.74, 6) is -0.189. The van der Waals surface area contributed by atoms with Gasteiger partial charge in [-0.3, -0.25) is 9.59 Å². The van der Waals surface area contributed by atoms with Crippen molar-refractivity contribution in [1.82, 2.24) is 0 Å². The number of halogens is 3. The molecule has 0 radical (unpaired) electrons. The van der Waals surface area contributed by atoms with Crippen molar-refractivity contribution < 1.29 is 37.0 Å². The maximum absolute atomic E-state index is 13.3. The highest BCUT2D eigenvalue weighted by atomic mass is 19.4. The van der Waals surface area contributed by atoms with Gasteiger partial charge in [0.2, 0.25) is 5.91 Å². The fourth-order valence-electron chi connectivity index (χ4n) is 4.64. The van der Waals surface area contributed by atoms with Gasteiger partial charge in [-0.2, -0.15) is 13.2 Å². The second-order valence-corrected chi connectivity index (χ2v) is 8.84. The van der Waals surface area contributed by atoms with Crippen LogP contribution in [0.5, 0.6) is 11.5 Å². The van der Waals surface area contributed by atoms with E-state index in [0.717, 1.165) is 12.1 Å². The smallest absolute Gasteiger partial charge is 0.416 e. The van der Waals surface area contributed by atoms with Gasteiger partial charge in [0.05, 0.1) is 30.2 Å². The molecule has 1 spiro atoms. The number of rotatable bonds is 2. The van der Waals surface area contributed by atoms with Gasteiger partial charge in [0.15, 0.2) is 12.4 Å². The first-order valence-corrected chi connectivity index (χ1v) is 11.2. The molecule has 0 aromatic heterocycles. The van der Waals surface area contributed by atoms with Crippen molar-refractivity contribution in [3.63, 3.8) is 0 Å². The Hall–Kier alpha value is -3.53. The van der Waals surface area contributed by atoms with Crippen molar-refractivity contribution in [2.75, 3.05) is 37.1 Å². The minimum atomic E-state index is -4.51. The summed E-state index contributed by atoms with van der Waals surface area (Å²) >= 11 is 0. The summed E-state index contributed by atoms with van der Waals surface area (Å²) in [7, 11) is 1.62. The number of hydrogen-bond donors (Lipinski definition) is 1. The number of alkyl halides is 3. The minimum Gasteiger partial charge on any atom is -0.486 e. The molecule has 3 aliphatic heterocycles. The highest BCUT2D eigenvalue weighted by molar-refractivity contribution is 6.07. The molecule has 0 aliphatic carbocycles. The van der Waals surface area contributed by atoms with Crippen LogP contribution in [0.4, 0.5) is 24.5 Å². The second-order valence-electron chi connectivity index (χ2n) is 8.84. The number of fused-ring (bicyclic) bond motifs is 2. The summed E-state index contributed by atoms with van der Waals surface area (Å²) in [5.41, 5.74) is 0.406. The third kappa shape index (κ3) is 4.45. The van der Waals surface area contributed by atoms with Crippen LogP contribution in [0.3, 0.4) is 0 Å². The standard InChI is InChI=1S/C25H23F3N2O5/c1-30-19-4-2-3-18(23(19)34-14-22(30)32)29-21(31)11-15-13-24(7-9-33-10-8-24)35-20-12-16(25(26,27)28)5-6-17(15)20/h2-6,11-12H,7-10,13-14H2,1H3,(H,29,31)/b15-11+. The monoisotopic (exact) mass is 488 g/mol. The zero-order valence-corrected chi connectivity index (χ0v) is 18.9. The summed E-state index contributed by atoms with van der Waals surface area (Å²) in [6.45, 7) is 0.704. The number of benzene rings is 2. The molecule has 3 heterocycles. The molecular formula is C25H23F3N2O5. The Kier molecular flexibility index (Phi) is 5.71. The molecule has 1 N–H and O–H groups in total. The Morgan fingerprint density at radius 3 is 2.69 bits per heavy atom. The Balaban J connectivity index is 1.48. The Labute approximate surface area is 199 Å². The summed E-state index contributed by atoms with van der Waals surface area (Å²) in [4.78, 5) is 26.4. The van der Waals surface area contributed by atoms with Crippen molar-refractivity contribution in [2.24, 2.45) is 0 Å². The third-order valence-electron chi connectivity index (χ3n) is 6.53. The van der Waals surface area contributed by atoms with Gasteiger partial charge >= 0.3 is 6.18 Å². The van der Waals surface area contributed by atoms with E-state index in [1.807, 2.05) is 0 Å². The van der Waals surface area contributed by atoms with E-state index in [1.54, 1.807) is 25.2 Å². The molecule has 5 rings (SSSR count). The van der Waals surface area contributed by atoms with Crippen LogP contribution < -0.4 is 19.7 Å². The van der Waals surface area contributed by atoms with Crippen molar-refractivity contribution in [1.29, 1.82) is 0 Å². The molecule has 2 amide bonds. The minimum absolute atomic E-state index is 0.104. The molecule has 2 aromatic carbocycles. The summed E-state index contributed by atoms with van der Waals surface area (Å²) in [5, 5.41) is 2.79. The molecule has 0 atom stereocenters. The van der Waals surface area contributed by atoms with E-state index in [-0.39, 0.29) is 18.3 Å². The molecular weight excluding hydrogens is 465 g/mol. The van der Waals surface area contributed by atoms with Gasteiger partial charge in [-0.05, 0) is 29.8 Å². The lowest BCUT2D eigenvalue weighted by atomic mass is 9.81. The van der Waals surface area contributed by atoms with E-state index in [2.05, 4.69) is 5.32 Å². The zero-order chi connectivity index (χ0) is 24.8. The first-order valence-electron chi connectivity index (χ1n) is 11.2. The number of ether oxygens (including phenoxy) is 3. The molecule has 2 aromatic rings. The number of nitrogens with one attached hydrogen (secondary N) is 1. The first-order chi connectivity index (χ1) is 16.7. The van der Waals surface area contributed by atoms with Crippen molar-refractivity contribution in [2.45, 2.75) is 31.0 Å². The van der Waals surface area contributed by atoms with E-state index in [1.165, 1.54) is 17.0 Å². The first kappa shape index (κ1) is 23.2. The molecule has 3 aliphatic rings. The number of carbonyl (C=O) groups is 2. The Morgan fingerprint density at radius 2 is 1.94 bits per heavy atom. The average Bonchev–Trinajstić information content (AvgIpc) is 2.81. The van der Waals surface area contributed by atoms with Crippen LogP contribution in [-0.4, -0.2) is 44.3 Å². The van der Waals surface area contributed by atoms with Crippen LogP contribution >= 0.6 is 0 Å².